The fourth-order valence-corrected chi connectivity index (χ4v) is 5.20. The number of sulfonamides is 2. The highest BCUT2D eigenvalue weighted by atomic mass is 35.5. The molecule has 0 aliphatic heterocycles. The maximum atomic E-state index is 14.1. The first-order valence-corrected chi connectivity index (χ1v) is 13.6. The molecule has 3 aromatic carbocycles. The van der Waals surface area contributed by atoms with Crippen LogP contribution in [0.25, 0.3) is 0 Å². The number of amides is 1. The van der Waals surface area contributed by atoms with E-state index in [9.17, 15) is 26.0 Å². The van der Waals surface area contributed by atoms with Crippen LogP contribution in [-0.2, 0) is 24.8 Å². The van der Waals surface area contributed by atoms with E-state index in [-0.39, 0.29) is 32.0 Å². The molecule has 13 heteroatoms. The molecule has 3 aromatic rings. The van der Waals surface area contributed by atoms with Gasteiger partial charge in [0, 0.05) is 5.69 Å². The van der Waals surface area contributed by atoms with E-state index in [0.717, 1.165) is 12.3 Å². The van der Waals surface area contributed by atoms with Gasteiger partial charge in [-0.1, -0.05) is 41.4 Å². The van der Waals surface area contributed by atoms with Gasteiger partial charge >= 0.3 is 0 Å². The Kier molecular flexibility index (Phi) is 7.71. The second-order valence-electron chi connectivity index (χ2n) is 7.00. The lowest BCUT2D eigenvalue weighted by Crippen LogP contribution is -2.38. The Morgan fingerprint density at radius 2 is 1.59 bits per heavy atom. The summed E-state index contributed by atoms with van der Waals surface area (Å²) in [6.45, 7) is -0.686. The highest BCUT2D eigenvalue weighted by Crippen LogP contribution is 2.31. The van der Waals surface area contributed by atoms with Crippen LogP contribution < -0.4 is 14.3 Å². The van der Waals surface area contributed by atoms with E-state index in [4.69, 9.17) is 23.2 Å². The van der Waals surface area contributed by atoms with E-state index in [1.807, 2.05) is 0 Å². The molecular weight excluding hydrogens is 528 g/mol. The summed E-state index contributed by atoms with van der Waals surface area (Å²) in [5.41, 5.74) is 0.0274. The monoisotopic (exact) mass is 545 g/mol. The number of nitrogens with one attached hydrogen (secondary N) is 2. The van der Waals surface area contributed by atoms with E-state index in [2.05, 4.69) is 10.0 Å². The normalized spacial score (nSPS) is 11.6. The van der Waals surface area contributed by atoms with E-state index in [0.29, 0.717) is 4.31 Å². The zero-order valence-corrected chi connectivity index (χ0v) is 20.6. The number of hydrogen-bond donors (Lipinski definition) is 2. The molecule has 3 rings (SSSR count). The Morgan fingerprint density at radius 1 is 0.941 bits per heavy atom. The van der Waals surface area contributed by atoms with Gasteiger partial charge in [0.2, 0.25) is 15.9 Å². The molecule has 1 amide bonds. The van der Waals surface area contributed by atoms with E-state index < -0.39 is 38.3 Å². The zero-order chi connectivity index (χ0) is 25.1. The standard InChI is InChI=1S/C21H18Cl2FN3O5S2/c1-33(29,30)27(19-8-3-2-6-17(19)24)13-20(28)25-14-9-11-15(12-10-14)34(31,32)26-18-7-4-5-16(22)21(18)23/h2-12,26H,13H2,1H3,(H,25,28). The molecule has 0 heterocycles. The minimum Gasteiger partial charge on any atom is -0.325 e. The number of hydrogen-bond acceptors (Lipinski definition) is 5. The number of carbonyl (C=O) groups is 1. The molecule has 34 heavy (non-hydrogen) atoms. The Morgan fingerprint density at radius 3 is 2.21 bits per heavy atom. The molecule has 0 fully saturated rings. The molecule has 0 radical (unpaired) electrons. The second kappa shape index (κ2) is 10.2. The van der Waals surface area contributed by atoms with Crippen molar-refractivity contribution in [1.29, 1.82) is 0 Å². The lowest BCUT2D eigenvalue weighted by atomic mass is 10.3. The topological polar surface area (TPSA) is 113 Å². The second-order valence-corrected chi connectivity index (χ2v) is 11.4. The van der Waals surface area contributed by atoms with E-state index >= 15 is 0 Å². The van der Waals surface area contributed by atoms with Crippen molar-refractivity contribution in [3.8, 4) is 0 Å². The molecule has 0 spiro atoms. The Bertz CT molecular complexity index is 1430. The number of carbonyl (C=O) groups excluding carboxylic acids is 1. The first kappa shape index (κ1) is 25.8. The summed E-state index contributed by atoms with van der Waals surface area (Å²) < 4.78 is 66.5. The Labute approximate surface area is 206 Å². The summed E-state index contributed by atoms with van der Waals surface area (Å²) in [5.74, 6) is -1.56. The molecule has 8 nitrogen and oxygen atoms in total. The number of anilines is 3. The van der Waals surface area contributed by atoms with Crippen molar-refractivity contribution >= 4 is 66.2 Å². The maximum absolute atomic E-state index is 14.1. The lowest BCUT2D eigenvalue weighted by molar-refractivity contribution is -0.114. The van der Waals surface area contributed by atoms with Gasteiger partial charge in [0.15, 0.2) is 0 Å². The minimum absolute atomic E-state index is 0.0434. The van der Waals surface area contributed by atoms with Crippen LogP contribution in [-0.4, -0.2) is 35.5 Å². The van der Waals surface area contributed by atoms with Crippen molar-refractivity contribution in [2.75, 3.05) is 27.1 Å². The predicted molar refractivity (Wildman–Crippen MR) is 131 cm³/mol. The third kappa shape index (κ3) is 6.17. The van der Waals surface area contributed by atoms with Crippen molar-refractivity contribution in [3.63, 3.8) is 0 Å². The van der Waals surface area contributed by atoms with Crippen LogP contribution in [0, 0.1) is 5.82 Å². The van der Waals surface area contributed by atoms with Gasteiger partial charge in [0.1, 0.15) is 12.4 Å². The van der Waals surface area contributed by atoms with Gasteiger partial charge in [-0.15, -0.1) is 0 Å². The van der Waals surface area contributed by atoms with E-state index in [1.54, 1.807) is 0 Å². The first-order chi connectivity index (χ1) is 15.9. The SMILES string of the molecule is CS(=O)(=O)N(CC(=O)Nc1ccc(S(=O)(=O)Nc2cccc(Cl)c2Cl)cc1)c1ccccc1F. The van der Waals surface area contributed by atoms with Crippen LogP contribution in [0.1, 0.15) is 0 Å². The summed E-state index contributed by atoms with van der Waals surface area (Å²) in [6.07, 6.45) is 0.853. The van der Waals surface area contributed by atoms with Crippen molar-refractivity contribution < 1.29 is 26.0 Å². The molecule has 180 valence electrons. The highest BCUT2D eigenvalue weighted by Gasteiger charge is 2.24. The van der Waals surface area contributed by atoms with Crippen LogP contribution in [0.4, 0.5) is 21.5 Å². The highest BCUT2D eigenvalue weighted by molar-refractivity contribution is 7.92. The summed E-state index contributed by atoms with van der Waals surface area (Å²) in [5, 5.41) is 2.68. The van der Waals surface area contributed by atoms with Crippen molar-refractivity contribution in [3.05, 3.63) is 82.6 Å². The summed E-state index contributed by atoms with van der Waals surface area (Å²) in [6, 6.07) is 14.8. The van der Waals surface area contributed by atoms with Gasteiger partial charge < -0.3 is 5.32 Å². The van der Waals surface area contributed by atoms with Gasteiger partial charge in [-0.05, 0) is 48.5 Å². The van der Waals surface area contributed by atoms with Crippen LogP contribution >= 0.6 is 23.2 Å². The third-order valence-corrected chi connectivity index (χ3v) is 7.78. The Hall–Kier alpha value is -2.86. The number of nitrogens with zero attached hydrogens (tertiary/aromatic N) is 1. The molecule has 0 bridgehead atoms. The fourth-order valence-electron chi connectivity index (χ4n) is 2.87. The lowest BCUT2D eigenvalue weighted by Gasteiger charge is -2.22. The maximum Gasteiger partial charge on any atom is 0.261 e. The summed E-state index contributed by atoms with van der Waals surface area (Å²) in [4.78, 5) is 12.3. The largest absolute Gasteiger partial charge is 0.325 e. The third-order valence-electron chi connectivity index (χ3n) is 4.45. The number of rotatable bonds is 8. The summed E-state index contributed by atoms with van der Waals surface area (Å²) in [7, 11) is -7.98. The molecule has 2 N–H and O–H groups in total. The molecule has 0 aliphatic rings. The summed E-state index contributed by atoms with van der Waals surface area (Å²) >= 11 is 11.9. The molecule has 0 aliphatic carbocycles. The van der Waals surface area contributed by atoms with Gasteiger partial charge in [-0.25, -0.2) is 21.2 Å². The van der Waals surface area contributed by atoms with Gasteiger partial charge in [0.25, 0.3) is 10.0 Å². The zero-order valence-electron chi connectivity index (χ0n) is 17.5. The quantitative estimate of drug-likeness (QED) is 0.437. The average molecular weight is 546 g/mol. The van der Waals surface area contributed by atoms with Crippen LogP contribution in [0.2, 0.25) is 10.0 Å². The molecule has 0 saturated carbocycles. The van der Waals surface area contributed by atoms with E-state index in [1.165, 1.54) is 60.7 Å². The van der Waals surface area contributed by atoms with Crippen LogP contribution in [0.3, 0.4) is 0 Å². The minimum atomic E-state index is -4.01. The van der Waals surface area contributed by atoms with Crippen LogP contribution in [0.15, 0.2) is 71.6 Å². The number of halogens is 3. The Balaban J connectivity index is 1.74. The van der Waals surface area contributed by atoms with Crippen molar-refractivity contribution in [2.45, 2.75) is 4.90 Å². The molecule has 0 atom stereocenters. The van der Waals surface area contributed by atoms with Gasteiger partial charge in [-0.2, -0.15) is 0 Å². The predicted octanol–water partition coefficient (Wildman–Crippen LogP) is 4.34. The molecule has 0 unspecified atom stereocenters. The smallest absolute Gasteiger partial charge is 0.261 e. The first-order valence-electron chi connectivity index (χ1n) is 9.47. The van der Waals surface area contributed by atoms with Crippen molar-refractivity contribution in [1.82, 2.24) is 0 Å². The average Bonchev–Trinajstić information content (AvgIpc) is 2.75. The molecule has 0 aromatic heterocycles. The van der Waals surface area contributed by atoms with Crippen LogP contribution in [0.5, 0.6) is 0 Å². The molecular formula is C21H18Cl2FN3O5S2. The van der Waals surface area contributed by atoms with Gasteiger partial charge in [0.05, 0.1) is 32.6 Å². The van der Waals surface area contributed by atoms with Gasteiger partial charge in [-0.3, -0.25) is 13.8 Å². The molecule has 0 saturated heterocycles. The fraction of sp³-hybridized carbons (Fsp3) is 0.0952. The number of benzene rings is 3. The van der Waals surface area contributed by atoms with Crippen molar-refractivity contribution in [2.24, 2.45) is 0 Å². The number of para-hydroxylation sites is 1.